The van der Waals surface area contributed by atoms with Gasteiger partial charge in [-0.25, -0.2) is 0 Å². The highest BCUT2D eigenvalue weighted by molar-refractivity contribution is 6.12. The van der Waals surface area contributed by atoms with E-state index in [2.05, 4.69) is 24.3 Å². The zero-order valence-electron chi connectivity index (χ0n) is 8.71. The molecule has 0 bridgehead atoms. The summed E-state index contributed by atoms with van der Waals surface area (Å²) in [4.78, 5) is 11.9. The Morgan fingerprint density at radius 2 is 1.93 bits per heavy atom. The van der Waals surface area contributed by atoms with E-state index in [0.29, 0.717) is 12.2 Å². The second-order valence-corrected chi connectivity index (χ2v) is 4.20. The van der Waals surface area contributed by atoms with E-state index in [4.69, 9.17) is 0 Å². The number of hydrogen-bond donors (Lipinski definition) is 0. The molecule has 1 heteroatoms. The Labute approximate surface area is 88.7 Å². The predicted octanol–water partition coefficient (Wildman–Crippen LogP) is 3.28. The number of benzene rings is 2. The van der Waals surface area contributed by atoms with Gasteiger partial charge in [-0.15, -0.1) is 0 Å². The Kier molecular flexibility index (Phi) is 1.69. The Hall–Kier alpha value is -1.63. The largest absolute Gasteiger partial charge is 0.294 e. The van der Waals surface area contributed by atoms with E-state index in [-0.39, 0.29) is 0 Å². The topological polar surface area (TPSA) is 17.1 Å². The Bertz CT molecular complexity index is 567. The molecule has 2 aromatic carbocycles. The molecule has 0 amide bonds. The lowest BCUT2D eigenvalue weighted by atomic mass is 9.85. The van der Waals surface area contributed by atoms with Gasteiger partial charge in [-0.3, -0.25) is 4.79 Å². The summed E-state index contributed by atoms with van der Waals surface area (Å²) in [5, 5.41) is 2.38. The summed E-state index contributed by atoms with van der Waals surface area (Å²) in [6, 6.07) is 10.4. The SMILES string of the molecule is Cc1ccc2cccc3c2c1C(=O)CC3. The lowest BCUT2D eigenvalue weighted by Gasteiger charge is -2.17. The van der Waals surface area contributed by atoms with Gasteiger partial charge in [0.05, 0.1) is 0 Å². The molecule has 0 unspecified atom stereocenters. The van der Waals surface area contributed by atoms with Crippen molar-refractivity contribution in [2.24, 2.45) is 0 Å². The van der Waals surface area contributed by atoms with E-state index >= 15 is 0 Å². The first-order valence-corrected chi connectivity index (χ1v) is 5.32. The van der Waals surface area contributed by atoms with Crippen molar-refractivity contribution in [3.8, 4) is 0 Å². The van der Waals surface area contributed by atoms with Gasteiger partial charge in [0.15, 0.2) is 5.78 Å². The first kappa shape index (κ1) is 8.66. The lowest BCUT2D eigenvalue weighted by molar-refractivity contribution is 0.0981. The van der Waals surface area contributed by atoms with Gasteiger partial charge in [0, 0.05) is 12.0 Å². The number of ketones is 1. The van der Waals surface area contributed by atoms with Crippen LogP contribution >= 0.6 is 0 Å². The van der Waals surface area contributed by atoms with Crippen LogP contribution in [0.15, 0.2) is 30.3 Å². The summed E-state index contributed by atoms with van der Waals surface area (Å²) in [5.74, 6) is 0.303. The van der Waals surface area contributed by atoms with Crippen molar-refractivity contribution in [2.45, 2.75) is 19.8 Å². The zero-order valence-corrected chi connectivity index (χ0v) is 8.71. The van der Waals surface area contributed by atoms with E-state index in [9.17, 15) is 4.79 Å². The summed E-state index contributed by atoms with van der Waals surface area (Å²) in [6.07, 6.45) is 1.56. The number of carbonyl (C=O) groups is 1. The van der Waals surface area contributed by atoms with E-state index in [0.717, 1.165) is 17.5 Å². The van der Waals surface area contributed by atoms with E-state index in [1.54, 1.807) is 0 Å². The molecule has 0 radical (unpaired) electrons. The van der Waals surface area contributed by atoms with Crippen LogP contribution < -0.4 is 0 Å². The molecule has 1 aliphatic carbocycles. The minimum absolute atomic E-state index is 0.303. The second-order valence-electron chi connectivity index (χ2n) is 4.20. The van der Waals surface area contributed by atoms with Crippen LogP contribution in [0.1, 0.15) is 27.9 Å². The van der Waals surface area contributed by atoms with Crippen LogP contribution in [0.5, 0.6) is 0 Å². The standard InChI is InChI=1S/C14H12O/c1-9-5-6-10-3-2-4-11-7-8-12(15)13(9)14(10)11/h2-6H,7-8H2,1H3. The highest BCUT2D eigenvalue weighted by atomic mass is 16.1. The fraction of sp³-hybridized carbons (Fsp3) is 0.214. The molecule has 0 spiro atoms. The van der Waals surface area contributed by atoms with E-state index < -0.39 is 0 Å². The van der Waals surface area contributed by atoms with Crippen molar-refractivity contribution in [1.82, 2.24) is 0 Å². The highest BCUT2D eigenvalue weighted by Crippen LogP contribution is 2.31. The molecule has 2 aromatic rings. The maximum absolute atomic E-state index is 11.9. The van der Waals surface area contributed by atoms with Gasteiger partial charge in [-0.2, -0.15) is 0 Å². The van der Waals surface area contributed by atoms with Gasteiger partial charge in [-0.05, 0) is 35.2 Å². The average Bonchev–Trinajstić information content (AvgIpc) is 2.25. The molecule has 0 heterocycles. The third kappa shape index (κ3) is 1.13. The minimum atomic E-state index is 0.303. The summed E-state index contributed by atoms with van der Waals surface area (Å²) >= 11 is 0. The lowest BCUT2D eigenvalue weighted by Crippen LogP contribution is -2.11. The summed E-state index contributed by atoms with van der Waals surface area (Å²) < 4.78 is 0. The molecular formula is C14H12O. The van der Waals surface area contributed by atoms with Gasteiger partial charge in [0.2, 0.25) is 0 Å². The average molecular weight is 196 g/mol. The molecule has 74 valence electrons. The fourth-order valence-corrected chi connectivity index (χ4v) is 2.50. The van der Waals surface area contributed by atoms with Crippen LogP contribution in [0, 0.1) is 6.92 Å². The second kappa shape index (κ2) is 2.93. The molecule has 0 aromatic heterocycles. The summed E-state index contributed by atoms with van der Waals surface area (Å²) in [5.41, 5.74) is 3.39. The van der Waals surface area contributed by atoms with Gasteiger partial charge in [0.1, 0.15) is 0 Å². The smallest absolute Gasteiger partial charge is 0.164 e. The molecule has 0 N–H and O–H groups in total. The van der Waals surface area contributed by atoms with Crippen LogP contribution in [0.25, 0.3) is 10.8 Å². The summed E-state index contributed by atoms with van der Waals surface area (Å²) in [7, 11) is 0. The van der Waals surface area contributed by atoms with Crippen molar-refractivity contribution >= 4 is 16.6 Å². The quantitative estimate of drug-likeness (QED) is 0.632. The van der Waals surface area contributed by atoms with Gasteiger partial charge in [0.25, 0.3) is 0 Å². The Morgan fingerprint density at radius 1 is 1.07 bits per heavy atom. The van der Waals surface area contributed by atoms with E-state index in [1.807, 2.05) is 13.0 Å². The van der Waals surface area contributed by atoms with E-state index in [1.165, 1.54) is 16.3 Å². The van der Waals surface area contributed by atoms with Crippen molar-refractivity contribution < 1.29 is 4.79 Å². The zero-order chi connectivity index (χ0) is 10.4. The maximum atomic E-state index is 11.9. The van der Waals surface area contributed by atoms with Crippen molar-refractivity contribution in [1.29, 1.82) is 0 Å². The first-order chi connectivity index (χ1) is 7.27. The van der Waals surface area contributed by atoms with Gasteiger partial charge >= 0.3 is 0 Å². The van der Waals surface area contributed by atoms with Crippen LogP contribution in [0.2, 0.25) is 0 Å². The fourth-order valence-electron chi connectivity index (χ4n) is 2.50. The molecule has 1 nitrogen and oxygen atoms in total. The molecule has 0 atom stereocenters. The minimum Gasteiger partial charge on any atom is -0.294 e. The third-order valence-corrected chi connectivity index (χ3v) is 3.24. The number of rotatable bonds is 0. The molecule has 0 saturated heterocycles. The number of carbonyl (C=O) groups excluding carboxylic acids is 1. The highest BCUT2D eigenvalue weighted by Gasteiger charge is 2.20. The van der Waals surface area contributed by atoms with Gasteiger partial charge in [-0.1, -0.05) is 30.3 Å². The maximum Gasteiger partial charge on any atom is 0.164 e. The molecule has 3 rings (SSSR count). The molecular weight excluding hydrogens is 184 g/mol. The first-order valence-electron chi connectivity index (χ1n) is 5.32. The predicted molar refractivity (Wildman–Crippen MR) is 61.3 cm³/mol. The van der Waals surface area contributed by atoms with Crippen molar-refractivity contribution in [3.63, 3.8) is 0 Å². The molecule has 0 fully saturated rings. The molecule has 15 heavy (non-hydrogen) atoms. The summed E-state index contributed by atoms with van der Waals surface area (Å²) in [6.45, 7) is 2.02. The monoisotopic (exact) mass is 196 g/mol. The Balaban J connectivity index is 2.55. The third-order valence-electron chi connectivity index (χ3n) is 3.24. The van der Waals surface area contributed by atoms with Crippen molar-refractivity contribution in [2.75, 3.05) is 0 Å². The molecule has 1 aliphatic rings. The van der Waals surface area contributed by atoms with Crippen LogP contribution in [-0.2, 0) is 6.42 Å². The van der Waals surface area contributed by atoms with Crippen molar-refractivity contribution in [3.05, 3.63) is 47.0 Å². The molecule has 0 aliphatic heterocycles. The number of hydrogen-bond acceptors (Lipinski definition) is 1. The Morgan fingerprint density at radius 3 is 2.80 bits per heavy atom. The van der Waals surface area contributed by atoms with Crippen LogP contribution in [-0.4, -0.2) is 5.78 Å². The van der Waals surface area contributed by atoms with Crippen LogP contribution in [0.3, 0.4) is 0 Å². The number of Topliss-reactive ketones (excluding diaryl/α,β-unsaturated/α-hetero) is 1. The molecule has 0 saturated carbocycles. The van der Waals surface area contributed by atoms with Gasteiger partial charge < -0.3 is 0 Å². The van der Waals surface area contributed by atoms with Crippen LogP contribution in [0.4, 0.5) is 0 Å². The number of aryl methyl sites for hydroxylation is 2. The normalized spacial score (nSPS) is 14.6.